The minimum Gasteiger partial charge on any atom is -0.478 e. The number of aromatic carboxylic acids is 2. The van der Waals surface area contributed by atoms with Crippen molar-refractivity contribution in [1.29, 1.82) is 0 Å². The summed E-state index contributed by atoms with van der Waals surface area (Å²) >= 11 is 0.890. The molecular formula is C18H11N3O7S. The summed E-state index contributed by atoms with van der Waals surface area (Å²) in [5.74, 6) is -3.19. The van der Waals surface area contributed by atoms with Crippen molar-refractivity contribution in [2.45, 2.75) is 0 Å². The van der Waals surface area contributed by atoms with Gasteiger partial charge in [-0.05, 0) is 42.1 Å². The number of amides is 1. The summed E-state index contributed by atoms with van der Waals surface area (Å²) in [4.78, 5) is 49.3. The van der Waals surface area contributed by atoms with Gasteiger partial charge in [-0.1, -0.05) is 12.1 Å². The summed E-state index contributed by atoms with van der Waals surface area (Å²) < 4.78 is 0. The first kappa shape index (κ1) is 19.8. The van der Waals surface area contributed by atoms with E-state index in [-0.39, 0.29) is 38.1 Å². The highest BCUT2D eigenvalue weighted by atomic mass is 32.2. The molecule has 0 radical (unpaired) electrons. The van der Waals surface area contributed by atoms with E-state index >= 15 is 0 Å². The molecule has 1 fully saturated rings. The third-order valence-corrected chi connectivity index (χ3v) is 4.62. The third kappa shape index (κ3) is 4.47. The Kier molecular flexibility index (Phi) is 5.41. The number of nitrogens with one attached hydrogen (secondary N) is 1. The van der Waals surface area contributed by atoms with Gasteiger partial charge in [-0.3, -0.25) is 14.9 Å². The molecule has 0 unspecified atom stereocenters. The number of thioether (sulfide) groups is 1. The van der Waals surface area contributed by atoms with Gasteiger partial charge in [0.15, 0.2) is 5.17 Å². The average molecular weight is 413 g/mol. The Balaban J connectivity index is 1.95. The zero-order valence-electron chi connectivity index (χ0n) is 14.4. The molecule has 3 rings (SSSR count). The number of rotatable bonds is 5. The van der Waals surface area contributed by atoms with Crippen molar-refractivity contribution in [2.75, 3.05) is 0 Å². The first-order valence-corrected chi connectivity index (χ1v) is 8.71. The summed E-state index contributed by atoms with van der Waals surface area (Å²) in [6, 6.07) is 9.22. The summed E-state index contributed by atoms with van der Waals surface area (Å²) in [6.45, 7) is 0. The SMILES string of the molecule is O=C1NC(=Nc2cc(C(=O)O)cc(C(=O)O)c2)S/C1=C\c1ccccc1[N+](=O)[O-]. The van der Waals surface area contributed by atoms with Crippen LogP contribution in [0.2, 0.25) is 0 Å². The molecule has 3 N–H and O–H groups in total. The fraction of sp³-hybridized carbons (Fsp3) is 0. The van der Waals surface area contributed by atoms with Gasteiger partial charge in [-0.25, -0.2) is 14.6 Å². The lowest BCUT2D eigenvalue weighted by molar-refractivity contribution is -0.385. The largest absolute Gasteiger partial charge is 0.478 e. The number of carbonyl (C=O) groups is 3. The molecule has 0 atom stereocenters. The number of benzene rings is 2. The van der Waals surface area contributed by atoms with Crippen molar-refractivity contribution < 1.29 is 29.5 Å². The monoisotopic (exact) mass is 413 g/mol. The van der Waals surface area contributed by atoms with Gasteiger partial charge in [-0.15, -0.1) is 0 Å². The minimum atomic E-state index is -1.32. The van der Waals surface area contributed by atoms with Crippen LogP contribution in [0, 0.1) is 10.1 Å². The number of hydrogen-bond acceptors (Lipinski definition) is 7. The van der Waals surface area contributed by atoms with Crippen LogP contribution in [0.15, 0.2) is 52.4 Å². The highest BCUT2D eigenvalue weighted by molar-refractivity contribution is 8.18. The van der Waals surface area contributed by atoms with Gasteiger partial charge in [-0.2, -0.15) is 0 Å². The van der Waals surface area contributed by atoms with Gasteiger partial charge in [0.25, 0.3) is 11.6 Å². The molecule has 29 heavy (non-hydrogen) atoms. The van der Waals surface area contributed by atoms with Crippen LogP contribution in [0.1, 0.15) is 26.3 Å². The molecule has 1 heterocycles. The smallest absolute Gasteiger partial charge is 0.335 e. The van der Waals surface area contributed by atoms with E-state index in [0.717, 1.165) is 30.0 Å². The number of hydrogen-bond donors (Lipinski definition) is 3. The number of carbonyl (C=O) groups excluding carboxylic acids is 1. The quantitative estimate of drug-likeness (QED) is 0.383. The molecule has 0 bridgehead atoms. The molecule has 2 aromatic rings. The maximum atomic E-state index is 12.2. The highest BCUT2D eigenvalue weighted by Gasteiger charge is 2.25. The molecule has 1 amide bonds. The molecule has 1 saturated heterocycles. The van der Waals surface area contributed by atoms with Crippen LogP contribution < -0.4 is 5.32 Å². The van der Waals surface area contributed by atoms with Gasteiger partial charge in [0.2, 0.25) is 0 Å². The van der Waals surface area contributed by atoms with E-state index in [4.69, 9.17) is 10.2 Å². The lowest BCUT2D eigenvalue weighted by Crippen LogP contribution is -2.19. The van der Waals surface area contributed by atoms with Gasteiger partial charge >= 0.3 is 11.9 Å². The van der Waals surface area contributed by atoms with Crippen molar-refractivity contribution in [1.82, 2.24) is 5.32 Å². The fourth-order valence-corrected chi connectivity index (χ4v) is 3.27. The molecule has 10 nitrogen and oxygen atoms in total. The van der Waals surface area contributed by atoms with Crippen LogP contribution in [0.25, 0.3) is 6.08 Å². The van der Waals surface area contributed by atoms with Crippen LogP contribution in [-0.2, 0) is 4.79 Å². The Morgan fingerprint density at radius 1 is 1.10 bits per heavy atom. The predicted octanol–water partition coefficient (Wildman–Crippen LogP) is 2.88. The highest BCUT2D eigenvalue weighted by Crippen LogP contribution is 2.31. The van der Waals surface area contributed by atoms with Gasteiger partial charge < -0.3 is 15.5 Å². The number of para-hydroxylation sites is 1. The molecule has 11 heteroatoms. The molecular weight excluding hydrogens is 402 g/mol. The number of carboxylic acids is 2. The lowest BCUT2D eigenvalue weighted by atomic mass is 10.1. The van der Waals surface area contributed by atoms with Crippen molar-refractivity contribution in [3.63, 3.8) is 0 Å². The summed E-state index contributed by atoms with van der Waals surface area (Å²) in [7, 11) is 0. The minimum absolute atomic E-state index is 0.0250. The van der Waals surface area contributed by atoms with E-state index in [1.54, 1.807) is 6.07 Å². The molecule has 1 aliphatic heterocycles. The normalized spacial score (nSPS) is 16.1. The summed E-state index contributed by atoms with van der Waals surface area (Å²) in [5.41, 5.74) is -0.447. The Morgan fingerprint density at radius 3 is 2.31 bits per heavy atom. The number of nitro groups is 1. The maximum absolute atomic E-state index is 12.2. The standard InChI is InChI=1S/C18H11N3O7S/c22-15-14(8-9-3-1-2-4-13(9)21(27)28)29-18(20-15)19-12-6-10(16(23)24)5-11(7-12)17(25)26/h1-8H,(H,23,24)(H,25,26)(H,19,20,22)/b14-8-. The molecule has 2 aromatic carbocycles. The van der Waals surface area contributed by atoms with Crippen LogP contribution in [0.3, 0.4) is 0 Å². The lowest BCUT2D eigenvalue weighted by Gasteiger charge is -2.02. The Morgan fingerprint density at radius 2 is 1.72 bits per heavy atom. The predicted molar refractivity (Wildman–Crippen MR) is 104 cm³/mol. The molecule has 1 aliphatic rings. The van der Waals surface area contributed by atoms with Crippen molar-refractivity contribution in [2.24, 2.45) is 4.99 Å². The van der Waals surface area contributed by atoms with E-state index in [2.05, 4.69) is 10.3 Å². The number of nitrogens with zero attached hydrogens (tertiary/aromatic N) is 2. The van der Waals surface area contributed by atoms with Crippen molar-refractivity contribution in [3.8, 4) is 0 Å². The van der Waals surface area contributed by atoms with Crippen LogP contribution in [0.4, 0.5) is 11.4 Å². The Labute approximate surface area is 166 Å². The molecule has 0 aliphatic carbocycles. The second-order valence-corrected chi connectivity index (χ2v) is 6.71. The van der Waals surface area contributed by atoms with Crippen molar-refractivity contribution in [3.05, 3.63) is 74.2 Å². The maximum Gasteiger partial charge on any atom is 0.335 e. The second kappa shape index (κ2) is 7.94. The van der Waals surface area contributed by atoms with Crippen LogP contribution in [-0.4, -0.2) is 38.1 Å². The van der Waals surface area contributed by atoms with E-state index in [9.17, 15) is 24.5 Å². The van der Waals surface area contributed by atoms with E-state index < -0.39 is 22.8 Å². The third-order valence-electron chi connectivity index (χ3n) is 3.71. The Bertz CT molecular complexity index is 1090. The summed E-state index contributed by atoms with van der Waals surface area (Å²) in [6.07, 6.45) is 1.34. The van der Waals surface area contributed by atoms with Gasteiger partial charge in [0.05, 0.1) is 32.2 Å². The Hall–Kier alpha value is -3.99. The van der Waals surface area contributed by atoms with Crippen molar-refractivity contribution >= 4 is 52.2 Å². The second-order valence-electron chi connectivity index (χ2n) is 5.68. The molecule has 0 aromatic heterocycles. The number of nitro benzene ring substituents is 1. The van der Waals surface area contributed by atoms with Crippen LogP contribution in [0.5, 0.6) is 0 Å². The zero-order chi connectivity index (χ0) is 21.1. The first-order chi connectivity index (χ1) is 13.7. The fourth-order valence-electron chi connectivity index (χ4n) is 2.44. The molecule has 0 saturated carbocycles. The van der Waals surface area contributed by atoms with E-state index in [0.29, 0.717) is 0 Å². The summed E-state index contributed by atoms with van der Waals surface area (Å²) in [5, 5.41) is 31.9. The first-order valence-electron chi connectivity index (χ1n) is 7.89. The number of carboxylic acid groups (broad SMARTS) is 2. The topological polar surface area (TPSA) is 159 Å². The molecule has 0 spiro atoms. The number of amidine groups is 1. The van der Waals surface area contributed by atoms with E-state index in [1.807, 2.05) is 0 Å². The average Bonchev–Trinajstić information content (AvgIpc) is 3.00. The molecule has 146 valence electrons. The van der Waals surface area contributed by atoms with Gasteiger partial charge in [0, 0.05) is 6.07 Å². The zero-order valence-corrected chi connectivity index (χ0v) is 15.2. The van der Waals surface area contributed by atoms with Gasteiger partial charge in [0.1, 0.15) is 0 Å². The van der Waals surface area contributed by atoms with E-state index in [1.165, 1.54) is 24.3 Å². The van der Waals surface area contributed by atoms with Crippen LogP contribution >= 0.6 is 11.8 Å². The number of aliphatic imine (C=N–C) groups is 1.